The van der Waals surface area contributed by atoms with Gasteiger partial charge in [-0.05, 0) is 31.6 Å². The summed E-state index contributed by atoms with van der Waals surface area (Å²) >= 11 is 0. The SMILES string of the molecule is CCCCCC[C@@H](O)C/C=C\CCCCCCCC(C)C. The van der Waals surface area contributed by atoms with Crippen LogP contribution < -0.4 is 0 Å². The minimum absolute atomic E-state index is 0.117. The van der Waals surface area contributed by atoms with Gasteiger partial charge in [-0.2, -0.15) is 0 Å². The van der Waals surface area contributed by atoms with Gasteiger partial charge in [0, 0.05) is 0 Å². The quantitative estimate of drug-likeness (QED) is 0.265. The highest BCUT2D eigenvalue weighted by Crippen LogP contribution is 2.12. The molecular weight excluding hydrogens is 256 g/mol. The van der Waals surface area contributed by atoms with Gasteiger partial charge < -0.3 is 5.11 Å². The minimum atomic E-state index is -0.117. The molecule has 1 atom stereocenters. The first-order chi connectivity index (χ1) is 10.2. The third kappa shape index (κ3) is 17.6. The Morgan fingerprint density at radius 2 is 1.38 bits per heavy atom. The van der Waals surface area contributed by atoms with Crippen LogP contribution in [-0.4, -0.2) is 11.2 Å². The van der Waals surface area contributed by atoms with E-state index in [1.54, 1.807) is 0 Å². The molecular formula is C20H40O. The fourth-order valence-corrected chi connectivity index (χ4v) is 2.64. The standard InChI is InChI=1S/C20H40O/c1-4-5-6-14-17-20(21)18-15-12-10-8-7-9-11-13-16-19(2)3/h12,15,19-21H,4-11,13-14,16-18H2,1-3H3/b15-12-/t20-/m1/s1. The molecule has 0 rings (SSSR count). The van der Waals surface area contributed by atoms with Crippen molar-refractivity contribution in [3.63, 3.8) is 0 Å². The summed E-state index contributed by atoms with van der Waals surface area (Å²) in [6, 6.07) is 0. The number of rotatable bonds is 15. The van der Waals surface area contributed by atoms with Crippen LogP contribution in [0.15, 0.2) is 12.2 Å². The second-order valence-corrected chi connectivity index (χ2v) is 6.95. The lowest BCUT2D eigenvalue weighted by atomic mass is 10.0. The van der Waals surface area contributed by atoms with Crippen molar-refractivity contribution in [3.8, 4) is 0 Å². The van der Waals surface area contributed by atoms with Crippen molar-refractivity contribution in [2.24, 2.45) is 5.92 Å². The van der Waals surface area contributed by atoms with Crippen LogP contribution in [0.5, 0.6) is 0 Å². The molecule has 0 aromatic heterocycles. The molecule has 21 heavy (non-hydrogen) atoms. The van der Waals surface area contributed by atoms with Gasteiger partial charge in [0.15, 0.2) is 0 Å². The molecule has 0 radical (unpaired) electrons. The highest BCUT2D eigenvalue weighted by molar-refractivity contribution is 4.84. The number of aliphatic hydroxyl groups excluding tert-OH is 1. The van der Waals surface area contributed by atoms with Crippen molar-refractivity contribution in [2.75, 3.05) is 0 Å². The monoisotopic (exact) mass is 296 g/mol. The van der Waals surface area contributed by atoms with Gasteiger partial charge in [-0.3, -0.25) is 0 Å². The van der Waals surface area contributed by atoms with Crippen LogP contribution in [0.1, 0.15) is 104 Å². The topological polar surface area (TPSA) is 20.2 Å². The van der Waals surface area contributed by atoms with E-state index < -0.39 is 0 Å². The number of hydrogen-bond acceptors (Lipinski definition) is 1. The van der Waals surface area contributed by atoms with Gasteiger partial charge in [0.1, 0.15) is 0 Å². The molecule has 0 unspecified atom stereocenters. The predicted molar refractivity (Wildman–Crippen MR) is 95.7 cm³/mol. The Hall–Kier alpha value is -0.300. The first kappa shape index (κ1) is 20.7. The molecule has 126 valence electrons. The van der Waals surface area contributed by atoms with E-state index in [-0.39, 0.29) is 6.10 Å². The zero-order valence-electron chi connectivity index (χ0n) is 14.9. The van der Waals surface area contributed by atoms with E-state index in [2.05, 4.69) is 32.9 Å². The van der Waals surface area contributed by atoms with Gasteiger partial charge >= 0.3 is 0 Å². The van der Waals surface area contributed by atoms with Gasteiger partial charge in [0.2, 0.25) is 0 Å². The van der Waals surface area contributed by atoms with E-state index in [4.69, 9.17) is 0 Å². The maximum absolute atomic E-state index is 9.84. The molecule has 0 aromatic rings. The van der Waals surface area contributed by atoms with Crippen molar-refractivity contribution in [3.05, 3.63) is 12.2 Å². The highest BCUT2D eigenvalue weighted by atomic mass is 16.3. The third-order valence-electron chi connectivity index (χ3n) is 4.12. The van der Waals surface area contributed by atoms with E-state index in [9.17, 15) is 5.11 Å². The van der Waals surface area contributed by atoms with Crippen LogP contribution in [0, 0.1) is 5.92 Å². The Labute approximate surface area is 134 Å². The molecule has 0 bridgehead atoms. The lowest BCUT2D eigenvalue weighted by Crippen LogP contribution is -2.04. The zero-order valence-corrected chi connectivity index (χ0v) is 14.9. The van der Waals surface area contributed by atoms with Crippen LogP contribution >= 0.6 is 0 Å². The predicted octanol–water partition coefficient (Wildman–Crippen LogP) is 6.65. The molecule has 1 nitrogen and oxygen atoms in total. The van der Waals surface area contributed by atoms with Gasteiger partial charge in [-0.15, -0.1) is 0 Å². The minimum Gasteiger partial charge on any atom is -0.393 e. The summed E-state index contributed by atoms with van der Waals surface area (Å²) in [5.41, 5.74) is 0. The van der Waals surface area contributed by atoms with Crippen LogP contribution in [0.25, 0.3) is 0 Å². The molecule has 0 fully saturated rings. The second kappa shape index (κ2) is 16.1. The molecule has 0 saturated carbocycles. The molecule has 0 amide bonds. The average Bonchev–Trinajstić information content (AvgIpc) is 2.45. The van der Waals surface area contributed by atoms with Crippen molar-refractivity contribution in [1.29, 1.82) is 0 Å². The molecule has 0 aromatic carbocycles. The smallest absolute Gasteiger partial charge is 0.0574 e. The van der Waals surface area contributed by atoms with Gasteiger partial charge in [0.05, 0.1) is 6.10 Å². The Morgan fingerprint density at radius 3 is 2.10 bits per heavy atom. The lowest BCUT2D eigenvalue weighted by Gasteiger charge is -2.07. The summed E-state index contributed by atoms with van der Waals surface area (Å²) in [6.07, 6.45) is 20.6. The Kier molecular flexibility index (Phi) is 15.8. The summed E-state index contributed by atoms with van der Waals surface area (Å²) in [5, 5.41) is 9.84. The number of hydrogen-bond donors (Lipinski definition) is 1. The summed E-state index contributed by atoms with van der Waals surface area (Å²) in [6.45, 7) is 6.84. The van der Waals surface area contributed by atoms with E-state index in [0.29, 0.717) is 0 Å². The summed E-state index contributed by atoms with van der Waals surface area (Å²) in [4.78, 5) is 0. The Morgan fingerprint density at radius 1 is 0.762 bits per heavy atom. The number of aliphatic hydroxyl groups is 1. The summed E-state index contributed by atoms with van der Waals surface area (Å²) in [7, 11) is 0. The van der Waals surface area contributed by atoms with E-state index in [1.807, 2.05) is 0 Å². The van der Waals surface area contributed by atoms with Crippen molar-refractivity contribution in [2.45, 2.75) is 110 Å². The summed E-state index contributed by atoms with van der Waals surface area (Å²) in [5.74, 6) is 0.862. The largest absolute Gasteiger partial charge is 0.393 e. The zero-order chi connectivity index (χ0) is 15.8. The van der Waals surface area contributed by atoms with Gasteiger partial charge in [0.25, 0.3) is 0 Å². The average molecular weight is 297 g/mol. The first-order valence-corrected chi connectivity index (χ1v) is 9.49. The maximum Gasteiger partial charge on any atom is 0.0574 e. The normalized spacial score (nSPS) is 13.4. The first-order valence-electron chi connectivity index (χ1n) is 9.49. The van der Waals surface area contributed by atoms with Crippen LogP contribution in [-0.2, 0) is 0 Å². The van der Waals surface area contributed by atoms with Crippen molar-refractivity contribution >= 4 is 0 Å². The Balaban J connectivity index is 3.24. The molecule has 0 heterocycles. The van der Waals surface area contributed by atoms with Crippen LogP contribution in [0.3, 0.4) is 0 Å². The fourth-order valence-electron chi connectivity index (χ4n) is 2.64. The molecule has 0 spiro atoms. The fraction of sp³-hybridized carbons (Fsp3) is 0.900. The van der Waals surface area contributed by atoms with E-state index in [0.717, 1.165) is 18.8 Å². The van der Waals surface area contributed by atoms with Crippen LogP contribution in [0.4, 0.5) is 0 Å². The van der Waals surface area contributed by atoms with Gasteiger partial charge in [-0.1, -0.05) is 90.7 Å². The molecule has 0 aliphatic heterocycles. The van der Waals surface area contributed by atoms with Crippen LogP contribution in [0.2, 0.25) is 0 Å². The highest BCUT2D eigenvalue weighted by Gasteiger charge is 2.00. The lowest BCUT2D eigenvalue weighted by molar-refractivity contribution is 0.163. The molecule has 0 aliphatic carbocycles. The molecule has 0 saturated heterocycles. The molecule has 0 aliphatic rings. The van der Waals surface area contributed by atoms with Crippen molar-refractivity contribution in [1.82, 2.24) is 0 Å². The second-order valence-electron chi connectivity index (χ2n) is 6.95. The Bertz CT molecular complexity index is 220. The van der Waals surface area contributed by atoms with Crippen molar-refractivity contribution < 1.29 is 5.11 Å². The molecule has 1 N–H and O–H groups in total. The number of unbranched alkanes of at least 4 members (excludes halogenated alkanes) is 8. The molecule has 1 heteroatoms. The van der Waals surface area contributed by atoms with E-state index >= 15 is 0 Å². The van der Waals surface area contributed by atoms with Gasteiger partial charge in [-0.25, -0.2) is 0 Å². The summed E-state index contributed by atoms with van der Waals surface area (Å²) < 4.78 is 0. The maximum atomic E-state index is 9.84. The van der Waals surface area contributed by atoms with E-state index in [1.165, 1.54) is 70.6 Å². The number of allylic oxidation sites excluding steroid dienone is 1. The third-order valence-corrected chi connectivity index (χ3v) is 4.12.